The molecule has 6 nitrogen and oxygen atoms in total. The zero-order valence-electron chi connectivity index (χ0n) is 40.4. The van der Waals surface area contributed by atoms with Gasteiger partial charge in [-0.15, -0.1) is 0 Å². The Hall–Kier alpha value is -2.37. The minimum absolute atomic E-state index is 0.164. The first-order valence-electron chi connectivity index (χ1n) is 26.0. The molecule has 0 aliphatic carbocycles. The molecule has 0 aromatic carbocycles. The summed E-state index contributed by atoms with van der Waals surface area (Å²) in [4.78, 5) is 31.2. The lowest BCUT2D eigenvalue weighted by Crippen LogP contribution is -2.09. The number of allylic oxidation sites excluding steroid dienone is 6. The summed E-state index contributed by atoms with van der Waals surface area (Å²) < 4.78 is 0. The summed E-state index contributed by atoms with van der Waals surface area (Å²) in [7, 11) is 0. The average Bonchev–Trinajstić information content (AvgIpc) is 3.22. The largest absolute Gasteiger partial charge is 0.481 e. The second kappa shape index (κ2) is 58.7. The molecule has 6 heteroatoms. The third kappa shape index (κ3) is 70.2. The second-order valence-electron chi connectivity index (χ2n) is 17.3. The van der Waals surface area contributed by atoms with Crippen LogP contribution in [-0.2, 0) is 14.4 Å². The lowest BCUT2D eigenvalue weighted by molar-refractivity contribution is -0.138. The summed E-state index contributed by atoms with van der Waals surface area (Å²) >= 11 is 0. The van der Waals surface area contributed by atoms with Gasteiger partial charge in [-0.05, 0) is 96.3 Å². The van der Waals surface area contributed by atoms with E-state index in [4.69, 9.17) is 15.9 Å². The van der Waals surface area contributed by atoms with Crippen molar-refractivity contribution in [3.63, 3.8) is 0 Å². The van der Waals surface area contributed by atoms with E-state index in [0.29, 0.717) is 19.3 Å². The molecule has 1 amide bonds. The number of amides is 1. The smallest absolute Gasteiger partial charge is 0.303 e. The molecule has 0 aliphatic rings. The quantitative estimate of drug-likeness (QED) is 0.0417. The summed E-state index contributed by atoms with van der Waals surface area (Å²) in [5.41, 5.74) is 5.10. The van der Waals surface area contributed by atoms with Crippen molar-refractivity contribution < 1.29 is 24.6 Å². The van der Waals surface area contributed by atoms with Gasteiger partial charge in [-0.1, -0.05) is 211 Å². The fourth-order valence-electron chi connectivity index (χ4n) is 7.06. The van der Waals surface area contributed by atoms with Gasteiger partial charge in [-0.3, -0.25) is 14.4 Å². The molecular weight excluding hydrogens is 743 g/mol. The standard InChI is InChI=1S/C18H35NO.2C18H34O2/c3*1-2-3-4-5-6-7-8-9-10-11-12-13-14-15-16-17-18(19)20/h9-10H,2-8,11-17H2,1H3,(H2,19,20);2*9-10H,2-8,11-17H2,1H3,(H,19,20)/b3*10-9-. The van der Waals surface area contributed by atoms with Crippen molar-refractivity contribution in [1.82, 2.24) is 0 Å². The number of rotatable bonds is 45. The molecule has 0 saturated heterocycles. The highest BCUT2D eigenvalue weighted by atomic mass is 16.4. The molecular formula is C54H103NO5. The topological polar surface area (TPSA) is 118 Å². The number of aliphatic carboxylic acids is 2. The first kappa shape index (κ1) is 61.9. The normalized spacial score (nSPS) is 11.2. The highest BCUT2D eigenvalue weighted by Gasteiger charge is 1.98. The molecule has 0 rings (SSSR count). The maximum atomic E-state index is 10.5. The van der Waals surface area contributed by atoms with Gasteiger partial charge in [0.1, 0.15) is 0 Å². The van der Waals surface area contributed by atoms with Crippen LogP contribution in [0.5, 0.6) is 0 Å². The van der Waals surface area contributed by atoms with Crippen LogP contribution in [-0.4, -0.2) is 28.1 Å². The molecule has 0 heterocycles. The maximum Gasteiger partial charge on any atom is 0.303 e. The number of nitrogens with two attached hydrogens (primary N) is 1. The lowest BCUT2D eigenvalue weighted by atomic mass is 10.1. The first-order chi connectivity index (χ1) is 29.3. The molecule has 0 radical (unpaired) electrons. The maximum absolute atomic E-state index is 10.5. The molecule has 0 bridgehead atoms. The van der Waals surface area contributed by atoms with Gasteiger partial charge < -0.3 is 15.9 Å². The van der Waals surface area contributed by atoms with E-state index < -0.39 is 11.9 Å². The number of carboxylic acid groups (broad SMARTS) is 2. The molecule has 0 aromatic heterocycles. The zero-order chi connectivity index (χ0) is 44.7. The van der Waals surface area contributed by atoms with Gasteiger partial charge in [0.15, 0.2) is 0 Å². The summed E-state index contributed by atoms with van der Waals surface area (Å²) in [6.07, 6.45) is 64.4. The average molecular weight is 846 g/mol. The number of carbonyl (C=O) groups excluding carboxylic acids is 1. The Balaban J connectivity index is -0.000000812. The number of hydrogen-bond acceptors (Lipinski definition) is 3. The van der Waals surface area contributed by atoms with Gasteiger partial charge in [0.2, 0.25) is 5.91 Å². The molecule has 0 spiro atoms. The second-order valence-corrected chi connectivity index (χ2v) is 17.3. The van der Waals surface area contributed by atoms with Crippen LogP contribution < -0.4 is 5.73 Å². The third-order valence-corrected chi connectivity index (χ3v) is 11.0. The Morgan fingerprint density at radius 2 is 0.483 bits per heavy atom. The van der Waals surface area contributed by atoms with Gasteiger partial charge in [-0.25, -0.2) is 0 Å². The lowest BCUT2D eigenvalue weighted by Gasteiger charge is -1.99. The van der Waals surface area contributed by atoms with Gasteiger partial charge in [0.05, 0.1) is 0 Å². The fourth-order valence-corrected chi connectivity index (χ4v) is 7.06. The van der Waals surface area contributed by atoms with Crippen LogP contribution in [0, 0.1) is 0 Å². The Kier molecular flexibility index (Phi) is 60.6. The monoisotopic (exact) mass is 846 g/mol. The molecule has 0 unspecified atom stereocenters. The van der Waals surface area contributed by atoms with Crippen LogP contribution in [0.2, 0.25) is 0 Å². The number of carbonyl (C=O) groups is 3. The van der Waals surface area contributed by atoms with Crippen molar-refractivity contribution >= 4 is 17.8 Å². The summed E-state index contributed by atoms with van der Waals surface area (Å²) in [6, 6.07) is 0. The number of unbranched alkanes of at least 4 members (excludes halogenated alkanes) is 33. The predicted molar refractivity (Wildman–Crippen MR) is 263 cm³/mol. The van der Waals surface area contributed by atoms with E-state index in [0.717, 1.165) is 38.5 Å². The van der Waals surface area contributed by atoms with E-state index in [-0.39, 0.29) is 5.91 Å². The van der Waals surface area contributed by atoms with Crippen molar-refractivity contribution in [3.05, 3.63) is 36.5 Å². The van der Waals surface area contributed by atoms with Crippen LogP contribution in [0.25, 0.3) is 0 Å². The van der Waals surface area contributed by atoms with Gasteiger partial charge in [0, 0.05) is 19.3 Å². The van der Waals surface area contributed by atoms with E-state index in [1.165, 1.54) is 212 Å². The van der Waals surface area contributed by atoms with E-state index in [1.54, 1.807) is 0 Å². The van der Waals surface area contributed by atoms with E-state index in [2.05, 4.69) is 57.2 Å². The van der Waals surface area contributed by atoms with Gasteiger partial charge >= 0.3 is 11.9 Å². The molecule has 0 aliphatic heterocycles. The Labute approximate surface area is 373 Å². The number of carboxylic acids is 2. The van der Waals surface area contributed by atoms with E-state index in [9.17, 15) is 14.4 Å². The highest BCUT2D eigenvalue weighted by molar-refractivity contribution is 5.73. The van der Waals surface area contributed by atoms with Crippen molar-refractivity contribution in [2.75, 3.05) is 0 Å². The van der Waals surface area contributed by atoms with E-state index >= 15 is 0 Å². The minimum atomic E-state index is -0.664. The Bertz CT molecular complexity index is 823. The van der Waals surface area contributed by atoms with Crippen molar-refractivity contribution in [3.8, 4) is 0 Å². The van der Waals surface area contributed by atoms with Crippen molar-refractivity contribution in [2.45, 2.75) is 290 Å². The van der Waals surface area contributed by atoms with Crippen LogP contribution in [0.4, 0.5) is 0 Å². The van der Waals surface area contributed by atoms with Crippen molar-refractivity contribution in [1.29, 1.82) is 0 Å². The predicted octanol–water partition coefficient (Wildman–Crippen LogP) is 17.7. The van der Waals surface area contributed by atoms with Gasteiger partial charge in [-0.2, -0.15) is 0 Å². The van der Waals surface area contributed by atoms with Crippen LogP contribution in [0.15, 0.2) is 36.5 Å². The van der Waals surface area contributed by atoms with E-state index in [1.807, 2.05) is 0 Å². The minimum Gasteiger partial charge on any atom is -0.481 e. The molecule has 354 valence electrons. The first-order valence-corrected chi connectivity index (χ1v) is 26.0. The molecule has 0 atom stereocenters. The highest BCUT2D eigenvalue weighted by Crippen LogP contribution is 2.13. The van der Waals surface area contributed by atoms with Crippen molar-refractivity contribution in [2.24, 2.45) is 5.73 Å². The number of hydrogen-bond donors (Lipinski definition) is 3. The molecule has 0 saturated carbocycles. The summed E-state index contributed by atoms with van der Waals surface area (Å²) in [5.74, 6) is -1.49. The fraction of sp³-hybridized carbons (Fsp3) is 0.833. The van der Waals surface area contributed by atoms with Gasteiger partial charge in [0.25, 0.3) is 0 Å². The van der Waals surface area contributed by atoms with Crippen LogP contribution in [0.3, 0.4) is 0 Å². The molecule has 60 heavy (non-hydrogen) atoms. The van der Waals surface area contributed by atoms with Crippen LogP contribution >= 0.6 is 0 Å². The number of primary amides is 1. The summed E-state index contributed by atoms with van der Waals surface area (Å²) in [5, 5.41) is 17.0. The third-order valence-electron chi connectivity index (χ3n) is 11.0. The molecule has 0 aromatic rings. The zero-order valence-corrected chi connectivity index (χ0v) is 40.4. The SMILES string of the molecule is CCCCCCCC/C=C\CCCCCCCC(=O)O.CCCCCCCC/C=C\CCCCCCCC(=O)O.CCCCCCCC/C=C\CCCCCCCC(N)=O. The molecule has 4 N–H and O–H groups in total. The molecule has 0 fully saturated rings. The Morgan fingerprint density at radius 1 is 0.300 bits per heavy atom. The Morgan fingerprint density at radius 3 is 0.683 bits per heavy atom. The van der Waals surface area contributed by atoms with Crippen LogP contribution in [0.1, 0.15) is 290 Å². The summed E-state index contributed by atoms with van der Waals surface area (Å²) in [6.45, 7) is 6.78.